The lowest BCUT2D eigenvalue weighted by Gasteiger charge is -2.05. The van der Waals surface area contributed by atoms with Crippen molar-refractivity contribution in [3.63, 3.8) is 0 Å². The number of para-hydroxylation sites is 1. The van der Waals surface area contributed by atoms with Crippen LogP contribution < -0.4 is 0 Å². The highest BCUT2D eigenvalue weighted by Crippen LogP contribution is 2.18. The summed E-state index contributed by atoms with van der Waals surface area (Å²) in [6.45, 7) is 0. The Morgan fingerprint density at radius 1 is 0.810 bits per heavy atom. The molecule has 0 saturated carbocycles. The van der Waals surface area contributed by atoms with Crippen LogP contribution in [0.3, 0.4) is 0 Å². The van der Waals surface area contributed by atoms with Crippen molar-refractivity contribution in [3.8, 4) is 0 Å². The maximum atomic E-state index is 12.5. The highest BCUT2D eigenvalue weighted by Gasteiger charge is 2.17. The van der Waals surface area contributed by atoms with Crippen molar-refractivity contribution in [2.24, 2.45) is 0 Å². The Morgan fingerprint density at radius 2 is 1.48 bits per heavy atom. The summed E-state index contributed by atoms with van der Waals surface area (Å²) in [6, 6.07) is 17.5. The minimum absolute atomic E-state index is 0.194. The van der Waals surface area contributed by atoms with Gasteiger partial charge in [-0.1, -0.05) is 42.5 Å². The normalized spacial score (nSPS) is 10.5. The smallest absolute Gasteiger partial charge is 0.253 e. The topological polar surface area (TPSA) is 47.0 Å². The van der Waals surface area contributed by atoms with E-state index in [0.29, 0.717) is 5.69 Å². The summed E-state index contributed by atoms with van der Waals surface area (Å²) in [5.74, 6) is -0.314. The Kier molecular flexibility index (Phi) is 3.50. The van der Waals surface area contributed by atoms with Gasteiger partial charge >= 0.3 is 0 Å². The summed E-state index contributed by atoms with van der Waals surface area (Å²) in [7, 11) is 0. The molecule has 102 valence electrons. The van der Waals surface area contributed by atoms with E-state index in [4.69, 9.17) is 11.6 Å². The Hall–Kier alpha value is -2.52. The molecule has 0 atom stereocenters. The molecule has 1 aromatic heterocycles. The number of hydrogen-bond donors (Lipinski definition) is 0. The first-order chi connectivity index (χ1) is 10.2. The van der Waals surface area contributed by atoms with Gasteiger partial charge in [-0.3, -0.25) is 9.59 Å². The summed E-state index contributed by atoms with van der Waals surface area (Å²) in [6.07, 6.45) is 0. The number of nitrogens with zero attached hydrogens (tertiary/aromatic N) is 1. The molecule has 2 aromatic carbocycles. The fraction of sp³-hybridized carbons (Fsp3) is 0. The van der Waals surface area contributed by atoms with Gasteiger partial charge in [-0.2, -0.15) is 0 Å². The van der Waals surface area contributed by atoms with Gasteiger partial charge in [0.25, 0.3) is 5.24 Å². The molecule has 4 heteroatoms. The Labute approximate surface area is 126 Å². The van der Waals surface area contributed by atoms with Gasteiger partial charge < -0.3 is 0 Å². The average Bonchev–Trinajstić information content (AvgIpc) is 2.53. The van der Waals surface area contributed by atoms with Gasteiger partial charge in [0.1, 0.15) is 5.69 Å². The molecule has 21 heavy (non-hydrogen) atoms. The van der Waals surface area contributed by atoms with Crippen molar-refractivity contribution in [1.82, 2.24) is 4.98 Å². The first-order valence-corrected chi connectivity index (χ1v) is 6.74. The SMILES string of the molecule is O=C(Cl)c1ccccc1C(=O)c1ccc2ccccc2n1. The maximum absolute atomic E-state index is 12.5. The zero-order valence-corrected chi connectivity index (χ0v) is 11.7. The number of halogens is 1. The molecular formula is C17H10ClNO2. The number of aromatic nitrogens is 1. The largest absolute Gasteiger partial charge is 0.287 e. The van der Waals surface area contributed by atoms with Crippen molar-refractivity contribution >= 4 is 33.5 Å². The van der Waals surface area contributed by atoms with Gasteiger partial charge in [-0.05, 0) is 29.8 Å². The van der Waals surface area contributed by atoms with Gasteiger partial charge in [-0.25, -0.2) is 4.98 Å². The maximum Gasteiger partial charge on any atom is 0.253 e. The second kappa shape index (κ2) is 5.46. The molecule has 0 aliphatic rings. The third-order valence-corrected chi connectivity index (χ3v) is 3.42. The van der Waals surface area contributed by atoms with Crippen LogP contribution in [0.15, 0.2) is 60.7 Å². The van der Waals surface area contributed by atoms with Crippen molar-refractivity contribution in [2.75, 3.05) is 0 Å². The van der Waals surface area contributed by atoms with Crippen LogP contribution in [0.4, 0.5) is 0 Å². The molecule has 0 saturated heterocycles. The Balaban J connectivity index is 2.10. The van der Waals surface area contributed by atoms with E-state index in [1.807, 2.05) is 30.3 Å². The van der Waals surface area contributed by atoms with Crippen LogP contribution in [0.2, 0.25) is 0 Å². The van der Waals surface area contributed by atoms with E-state index in [-0.39, 0.29) is 16.9 Å². The number of carbonyl (C=O) groups is 2. The molecule has 0 radical (unpaired) electrons. The molecule has 1 heterocycles. The van der Waals surface area contributed by atoms with E-state index in [1.165, 1.54) is 6.07 Å². The lowest BCUT2D eigenvalue weighted by molar-refractivity contribution is 0.101. The second-order valence-corrected chi connectivity index (χ2v) is 4.88. The number of fused-ring (bicyclic) bond motifs is 1. The van der Waals surface area contributed by atoms with Crippen LogP contribution in [0, 0.1) is 0 Å². The van der Waals surface area contributed by atoms with Gasteiger partial charge in [-0.15, -0.1) is 0 Å². The first-order valence-electron chi connectivity index (χ1n) is 6.36. The molecule has 0 aliphatic heterocycles. The average molecular weight is 296 g/mol. The summed E-state index contributed by atoms with van der Waals surface area (Å²) in [5, 5.41) is 0.301. The predicted molar refractivity (Wildman–Crippen MR) is 81.8 cm³/mol. The minimum Gasteiger partial charge on any atom is -0.287 e. The van der Waals surface area contributed by atoms with E-state index in [1.54, 1.807) is 24.3 Å². The number of hydrogen-bond acceptors (Lipinski definition) is 3. The molecule has 0 spiro atoms. The number of pyridine rings is 1. The molecule has 3 rings (SSSR count). The van der Waals surface area contributed by atoms with Crippen molar-refractivity contribution < 1.29 is 9.59 Å². The van der Waals surface area contributed by atoms with Crippen LogP contribution in [-0.4, -0.2) is 16.0 Å². The van der Waals surface area contributed by atoms with Crippen molar-refractivity contribution in [2.45, 2.75) is 0 Å². The molecule has 0 fully saturated rings. The van der Waals surface area contributed by atoms with Gasteiger partial charge in [0.05, 0.1) is 5.52 Å². The van der Waals surface area contributed by atoms with Crippen molar-refractivity contribution in [3.05, 3.63) is 77.5 Å². The Morgan fingerprint density at radius 3 is 2.24 bits per heavy atom. The fourth-order valence-electron chi connectivity index (χ4n) is 2.18. The zero-order chi connectivity index (χ0) is 14.8. The first kappa shape index (κ1) is 13.5. The molecule has 0 amide bonds. The molecular weight excluding hydrogens is 286 g/mol. The molecule has 0 bridgehead atoms. The summed E-state index contributed by atoms with van der Waals surface area (Å²) in [5.41, 5.74) is 1.48. The monoisotopic (exact) mass is 295 g/mol. The Bertz CT molecular complexity index is 858. The number of ketones is 1. The molecule has 0 N–H and O–H groups in total. The van der Waals surface area contributed by atoms with Crippen LogP contribution in [0.5, 0.6) is 0 Å². The molecule has 0 unspecified atom stereocenters. The highest BCUT2D eigenvalue weighted by atomic mass is 35.5. The quantitative estimate of drug-likeness (QED) is 0.545. The van der Waals surface area contributed by atoms with Crippen molar-refractivity contribution in [1.29, 1.82) is 0 Å². The summed E-state index contributed by atoms with van der Waals surface area (Å²) >= 11 is 5.52. The molecule has 0 aliphatic carbocycles. The van der Waals surface area contributed by atoms with E-state index in [2.05, 4.69) is 4.98 Å². The number of rotatable bonds is 3. The third kappa shape index (κ3) is 2.56. The number of carbonyl (C=O) groups excluding carboxylic acids is 2. The summed E-state index contributed by atoms with van der Waals surface area (Å²) in [4.78, 5) is 28.3. The van der Waals surface area contributed by atoms with Crippen LogP contribution in [-0.2, 0) is 0 Å². The third-order valence-electron chi connectivity index (χ3n) is 3.21. The van der Waals surface area contributed by atoms with E-state index < -0.39 is 5.24 Å². The lowest BCUT2D eigenvalue weighted by Crippen LogP contribution is -2.09. The predicted octanol–water partition coefficient (Wildman–Crippen LogP) is 3.84. The standard InChI is InChI=1S/C17H10ClNO2/c18-17(21)13-7-3-2-6-12(13)16(20)15-10-9-11-5-1-4-8-14(11)19-15/h1-10H. The fourth-order valence-corrected chi connectivity index (χ4v) is 2.35. The van der Waals surface area contributed by atoms with E-state index in [9.17, 15) is 9.59 Å². The number of benzene rings is 2. The van der Waals surface area contributed by atoms with Gasteiger partial charge in [0, 0.05) is 16.5 Å². The van der Waals surface area contributed by atoms with Crippen LogP contribution in [0.1, 0.15) is 26.4 Å². The second-order valence-electron chi connectivity index (χ2n) is 4.54. The summed E-state index contributed by atoms with van der Waals surface area (Å²) < 4.78 is 0. The van der Waals surface area contributed by atoms with E-state index in [0.717, 1.165) is 10.9 Å². The molecule has 3 aromatic rings. The van der Waals surface area contributed by atoms with Crippen LogP contribution >= 0.6 is 11.6 Å². The van der Waals surface area contributed by atoms with Gasteiger partial charge in [0.2, 0.25) is 5.78 Å². The molecule has 3 nitrogen and oxygen atoms in total. The van der Waals surface area contributed by atoms with E-state index >= 15 is 0 Å². The lowest BCUT2D eigenvalue weighted by atomic mass is 10.0. The van der Waals surface area contributed by atoms with Gasteiger partial charge in [0.15, 0.2) is 0 Å². The zero-order valence-electron chi connectivity index (χ0n) is 10.9. The van der Waals surface area contributed by atoms with Crippen LogP contribution in [0.25, 0.3) is 10.9 Å². The minimum atomic E-state index is -0.653. The highest BCUT2D eigenvalue weighted by molar-refractivity contribution is 6.68.